The van der Waals surface area contributed by atoms with Crippen LogP contribution in [0.4, 0.5) is 0 Å². The van der Waals surface area contributed by atoms with Crippen LogP contribution in [0.15, 0.2) is 5.16 Å². The van der Waals surface area contributed by atoms with Crippen LogP contribution >= 0.6 is 11.8 Å². The first-order valence-corrected chi connectivity index (χ1v) is 5.49. The molecule has 1 aromatic rings. The van der Waals surface area contributed by atoms with Crippen LogP contribution in [0.25, 0.3) is 0 Å². The molecule has 1 aromatic heterocycles. The van der Waals surface area contributed by atoms with Crippen LogP contribution < -0.4 is 5.73 Å². The molecule has 74 valence electrons. The van der Waals surface area contributed by atoms with Crippen LogP contribution in [0.5, 0.6) is 0 Å². The minimum atomic E-state index is 0.412. The van der Waals surface area contributed by atoms with Gasteiger partial charge in [0.05, 0.1) is 18.4 Å². The zero-order valence-corrected chi connectivity index (χ0v) is 8.50. The van der Waals surface area contributed by atoms with Gasteiger partial charge in [-0.2, -0.15) is 5.26 Å². The summed E-state index contributed by atoms with van der Waals surface area (Å²) in [5, 5.41) is 17.3. The first-order valence-electron chi connectivity index (χ1n) is 4.50. The quantitative estimate of drug-likeness (QED) is 0.738. The fraction of sp³-hybridized carbons (Fsp3) is 0.625. The molecule has 0 saturated heterocycles. The molecule has 0 spiro atoms. The minimum absolute atomic E-state index is 0.412. The Bertz CT molecular complexity index is 362. The number of hydrogen-bond acceptors (Lipinski definition) is 5. The molecule has 1 fully saturated rings. The molecule has 0 atom stereocenters. The van der Waals surface area contributed by atoms with Gasteiger partial charge in [-0.05, 0) is 12.8 Å². The average Bonchev–Trinajstić information content (AvgIpc) is 2.96. The van der Waals surface area contributed by atoms with E-state index in [2.05, 4.69) is 20.8 Å². The van der Waals surface area contributed by atoms with Gasteiger partial charge in [-0.1, -0.05) is 11.8 Å². The maximum Gasteiger partial charge on any atom is 0.192 e. The highest BCUT2D eigenvalue weighted by Gasteiger charge is 2.28. The fourth-order valence-corrected chi connectivity index (χ4v) is 2.03. The lowest BCUT2D eigenvalue weighted by Gasteiger charge is -2.05. The minimum Gasteiger partial charge on any atom is -0.324 e. The summed E-state index contributed by atoms with van der Waals surface area (Å²) < 4.78 is 2.07. The van der Waals surface area contributed by atoms with Gasteiger partial charge in [-0.15, -0.1) is 10.2 Å². The summed E-state index contributed by atoms with van der Waals surface area (Å²) in [4.78, 5) is 0. The Morgan fingerprint density at radius 1 is 1.57 bits per heavy atom. The third-order valence-electron chi connectivity index (χ3n) is 2.10. The molecule has 5 nitrogen and oxygen atoms in total. The van der Waals surface area contributed by atoms with Crippen LogP contribution in [0.3, 0.4) is 0 Å². The molecule has 0 aromatic carbocycles. The number of nitriles is 1. The lowest BCUT2D eigenvalue weighted by atomic mass is 10.5. The summed E-state index contributed by atoms with van der Waals surface area (Å²) in [6, 6.07) is 2.60. The van der Waals surface area contributed by atoms with Gasteiger partial charge >= 0.3 is 0 Å². The predicted molar refractivity (Wildman–Crippen MR) is 52.5 cm³/mol. The van der Waals surface area contributed by atoms with Crippen molar-refractivity contribution in [2.24, 2.45) is 5.73 Å². The Balaban J connectivity index is 2.21. The molecule has 0 radical (unpaired) electrons. The normalized spacial score (nSPS) is 15.4. The Labute approximate surface area is 86.3 Å². The van der Waals surface area contributed by atoms with Crippen LogP contribution in [-0.2, 0) is 6.54 Å². The van der Waals surface area contributed by atoms with E-state index in [-0.39, 0.29) is 0 Å². The molecule has 1 saturated carbocycles. The van der Waals surface area contributed by atoms with Gasteiger partial charge in [0.1, 0.15) is 5.82 Å². The molecule has 2 rings (SSSR count). The molecule has 0 bridgehead atoms. The standard InChI is InChI=1S/C8H11N5S/c9-3-4-14-8-12-11-7(5-10)13(8)6-1-2-6/h6H,1-2,4-5,10H2. The lowest BCUT2D eigenvalue weighted by molar-refractivity contribution is 0.627. The Kier molecular flexibility index (Phi) is 2.70. The third-order valence-corrected chi connectivity index (χ3v) is 2.91. The van der Waals surface area contributed by atoms with Crippen molar-refractivity contribution in [1.82, 2.24) is 14.8 Å². The van der Waals surface area contributed by atoms with Crippen LogP contribution in [-0.4, -0.2) is 20.5 Å². The Morgan fingerprint density at radius 2 is 2.36 bits per heavy atom. The van der Waals surface area contributed by atoms with Gasteiger partial charge in [0.15, 0.2) is 5.16 Å². The van der Waals surface area contributed by atoms with Gasteiger partial charge in [0.25, 0.3) is 0 Å². The topological polar surface area (TPSA) is 80.5 Å². The zero-order valence-electron chi connectivity index (χ0n) is 7.68. The van der Waals surface area contributed by atoms with Crippen molar-refractivity contribution < 1.29 is 0 Å². The second kappa shape index (κ2) is 3.98. The van der Waals surface area contributed by atoms with Crippen molar-refractivity contribution in [3.05, 3.63) is 5.82 Å². The summed E-state index contributed by atoms with van der Waals surface area (Å²) in [6.07, 6.45) is 2.34. The third kappa shape index (κ3) is 1.74. The molecule has 0 amide bonds. The van der Waals surface area contributed by atoms with E-state index in [9.17, 15) is 0 Å². The van der Waals surface area contributed by atoms with Crippen LogP contribution in [0.1, 0.15) is 24.7 Å². The molecular formula is C8H11N5S. The second-order valence-corrected chi connectivity index (χ2v) is 4.09. The molecule has 2 N–H and O–H groups in total. The largest absolute Gasteiger partial charge is 0.324 e. The first-order chi connectivity index (χ1) is 6.86. The molecule has 1 aliphatic rings. The van der Waals surface area contributed by atoms with E-state index in [1.165, 1.54) is 24.6 Å². The summed E-state index contributed by atoms with van der Waals surface area (Å²) in [7, 11) is 0. The summed E-state index contributed by atoms with van der Waals surface area (Å²) >= 11 is 1.42. The fourth-order valence-electron chi connectivity index (χ4n) is 1.34. The summed E-state index contributed by atoms with van der Waals surface area (Å²) in [6.45, 7) is 0.413. The van der Waals surface area contributed by atoms with E-state index in [1.54, 1.807) is 0 Å². The van der Waals surface area contributed by atoms with Crippen molar-refractivity contribution in [2.45, 2.75) is 30.6 Å². The van der Waals surface area contributed by atoms with Gasteiger partial charge < -0.3 is 10.3 Å². The number of rotatable bonds is 4. The first kappa shape index (κ1) is 9.49. The smallest absolute Gasteiger partial charge is 0.192 e. The number of nitrogens with zero attached hydrogens (tertiary/aromatic N) is 4. The van der Waals surface area contributed by atoms with Crippen molar-refractivity contribution >= 4 is 11.8 Å². The predicted octanol–water partition coefficient (Wildman–Crippen LogP) is 0.687. The van der Waals surface area contributed by atoms with Crippen molar-refractivity contribution in [1.29, 1.82) is 5.26 Å². The van der Waals surface area contributed by atoms with Crippen molar-refractivity contribution in [3.8, 4) is 6.07 Å². The van der Waals surface area contributed by atoms with E-state index < -0.39 is 0 Å². The van der Waals surface area contributed by atoms with E-state index in [4.69, 9.17) is 11.0 Å². The summed E-state index contributed by atoms with van der Waals surface area (Å²) in [5.41, 5.74) is 5.56. The van der Waals surface area contributed by atoms with Gasteiger partial charge in [-0.25, -0.2) is 0 Å². The number of nitrogens with two attached hydrogens (primary N) is 1. The van der Waals surface area contributed by atoms with E-state index in [0.717, 1.165) is 11.0 Å². The molecular weight excluding hydrogens is 198 g/mol. The van der Waals surface area contributed by atoms with Crippen LogP contribution in [0.2, 0.25) is 0 Å². The van der Waals surface area contributed by atoms with E-state index in [1.807, 2.05) is 0 Å². The number of hydrogen-bond donors (Lipinski definition) is 1. The summed E-state index contributed by atoms with van der Waals surface area (Å²) in [5.74, 6) is 1.24. The van der Waals surface area contributed by atoms with E-state index in [0.29, 0.717) is 18.3 Å². The highest BCUT2D eigenvalue weighted by atomic mass is 32.2. The molecule has 1 aliphatic carbocycles. The van der Waals surface area contributed by atoms with Gasteiger partial charge in [-0.3, -0.25) is 0 Å². The molecule has 1 heterocycles. The SMILES string of the molecule is N#CCSc1nnc(CN)n1C1CC1. The highest BCUT2D eigenvalue weighted by Crippen LogP contribution is 2.38. The average molecular weight is 209 g/mol. The number of aromatic nitrogens is 3. The van der Waals surface area contributed by atoms with Crippen molar-refractivity contribution in [2.75, 3.05) is 5.75 Å². The zero-order chi connectivity index (χ0) is 9.97. The van der Waals surface area contributed by atoms with Crippen LogP contribution in [0, 0.1) is 11.3 Å². The second-order valence-electron chi connectivity index (χ2n) is 3.15. The molecule has 0 unspecified atom stereocenters. The molecule has 0 aliphatic heterocycles. The van der Waals surface area contributed by atoms with Crippen molar-refractivity contribution in [3.63, 3.8) is 0 Å². The maximum atomic E-state index is 8.48. The number of thioether (sulfide) groups is 1. The Morgan fingerprint density at radius 3 is 2.93 bits per heavy atom. The maximum absolute atomic E-state index is 8.48. The van der Waals surface area contributed by atoms with Gasteiger partial charge in [0.2, 0.25) is 0 Å². The highest BCUT2D eigenvalue weighted by molar-refractivity contribution is 7.99. The monoisotopic (exact) mass is 209 g/mol. The van der Waals surface area contributed by atoms with E-state index >= 15 is 0 Å². The lowest BCUT2D eigenvalue weighted by Crippen LogP contribution is -2.08. The molecule has 14 heavy (non-hydrogen) atoms. The molecule has 6 heteroatoms. The Hall–Kier alpha value is -1.06. The van der Waals surface area contributed by atoms with Gasteiger partial charge in [0, 0.05) is 6.04 Å².